The largest absolute Gasteiger partial charge is 0.359 e. The quantitative estimate of drug-likeness (QED) is 0.465. The van der Waals surface area contributed by atoms with Crippen LogP contribution in [0.15, 0.2) is 72.8 Å². The van der Waals surface area contributed by atoms with Gasteiger partial charge in [-0.05, 0) is 54.4 Å². The fraction of sp³-hybridized carbons (Fsp3) is 0.231. The van der Waals surface area contributed by atoms with Crippen molar-refractivity contribution in [2.24, 2.45) is 0 Å². The molecule has 1 aliphatic rings. The van der Waals surface area contributed by atoms with Crippen LogP contribution in [0.2, 0.25) is 5.02 Å². The molecular weight excluding hydrogens is 404 g/mol. The lowest BCUT2D eigenvalue weighted by atomic mass is 9.97. The highest BCUT2D eigenvalue weighted by atomic mass is 35.5. The van der Waals surface area contributed by atoms with Gasteiger partial charge in [-0.15, -0.1) is 0 Å². The second-order valence-electron chi connectivity index (χ2n) is 7.95. The third-order valence-corrected chi connectivity index (χ3v) is 6.04. The van der Waals surface area contributed by atoms with Crippen LogP contribution in [0.3, 0.4) is 0 Å². The van der Waals surface area contributed by atoms with Crippen molar-refractivity contribution in [3.8, 4) is 6.07 Å². The van der Waals surface area contributed by atoms with E-state index < -0.39 is 0 Å². The normalized spacial score (nSPS) is 18.9. The minimum Gasteiger partial charge on any atom is -0.359 e. The Labute approximate surface area is 188 Å². The molecule has 31 heavy (non-hydrogen) atoms. The zero-order chi connectivity index (χ0) is 21.8. The highest BCUT2D eigenvalue weighted by molar-refractivity contribution is 6.30. The Morgan fingerprint density at radius 2 is 1.68 bits per heavy atom. The van der Waals surface area contributed by atoms with Crippen LogP contribution < -0.4 is 4.90 Å². The zero-order valence-corrected chi connectivity index (χ0v) is 18.1. The van der Waals surface area contributed by atoms with Gasteiger partial charge < -0.3 is 4.90 Å². The fourth-order valence-electron chi connectivity index (χ4n) is 4.33. The van der Waals surface area contributed by atoms with Gasteiger partial charge in [0.25, 0.3) is 0 Å². The van der Waals surface area contributed by atoms with E-state index in [1.165, 1.54) is 11.1 Å². The minimum atomic E-state index is 0.163. The van der Waals surface area contributed by atoms with E-state index >= 15 is 0 Å². The van der Waals surface area contributed by atoms with Gasteiger partial charge in [0.05, 0.1) is 24.2 Å². The smallest absolute Gasteiger partial charge is 0.187 e. The second kappa shape index (κ2) is 9.23. The summed E-state index contributed by atoms with van der Waals surface area (Å²) < 4.78 is 0. The summed E-state index contributed by atoms with van der Waals surface area (Å²) in [5, 5.41) is 9.89. The van der Waals surface area contributed by atoms with Crippen LogP contribution in [0.1, 0.15) is 29.7 Å². The molecule has 0 amide bonds. The lowest BCUT2D eigenvalue weighted by molar-refractivity contribution is 0.187. The molecule has 0 saturated carbocycles. The molecule has 2 atom stereocenters. The standard InChI is InChI=1S/C26H23ClN4/c1-19-16-30(17-21-3-11-24(29-2)12-4-21)18-26(22-7-9-23(27)10-8-22)31(19)25-13-5-20(15-28)6-14-25/h3-14,19,26H,16-18H2,1H3/t19-,26+/m1/s1. The van der Waals surface area contributed by atoms with Gasteiger partial charge in [-0.3, -0.25) is 4.90 Å². The van der Waals surface area contributed by atoms with E-state index in [1.54, 1.807) is 0 Å². The van der Waals surface area contributed by atoms with E-state index in [-0.39, 0.29) is 12.1 Å². The Morgan fingerprint density at radius 1 is 1.00 bits per heavy atom. The molecule has 5 heteroatoms. The SMILES string of the molecule is [C-]#[N+]c1ccc(CN2C[C@@H](C)N(c3ccc(C#N)cc3)[C@H](c3ccc(Cl)cc3)C2)cc1. The van der Waals surface area contributed by atoms with Gasteiger partial charge in [0.1, 0.15) is 0 Å². The number of benzene rings is 3. The van der Waals surface area contributed by atoms with Crippen molar-refractivity contribution in [1.29, 1.82) is 5.26 Å². The summed E-state index contributed by atoms with van der Waals surface area (Å²) in [7, 11) is 0. The van der Waals surface area contributed by atoms with Crippen molar-refractivity contribution in [2.45, 2.75) is 25.6 Å². The van der Waals surface area contributed by atoms with E-state index in [9.17, 15) is 0 Å². The summed E-state index contributed by atoms with van der Waals surface area (Å²) >= 11 is 6.15. The van der Waals surface area contributed by atoms with Crippen molar-refractivity contribution in [3.63, 3.8) is 0 Å². The van der Waals surface area contributed by atoms with Crippen molar-refractivity contribution in [3.05, 3.63) is 106 Å². The van der Waals surface area contributed by atoms with E-state index in [0.717, 1.165) is 30.3 Å². The summed E-state index contributed by atoms with van der Waals surface area (Å²) in [5.41, 5.74) is 4.88. The summed E-state index contributed by atoms with van der Waals surface area (Å²) in [6.07, 6.45) is 0. The summed E-state index contributed by atoms with van der Waals surface area (Å²) in [6.45, 7) is 12.0. The van der Waals surface area contributed by atoms with Crippen molar-refractivity contribution in [1.82, 2.24) is 4.90 Å². The summed E-state index contributed by atoms with van der Waals surface area (Å²) in [4.78, 5) is 8.40. The number of hydrogen-bond donors (Lipinski definition) is 0. The molecule has 0 aromatic heterocycles. The van der Waals surface area contributed by atoms with Gasteiger partial charge in [-0.1, -0.05) is 48.0 Å². The number of halogens is 1. The molecule has 0 spiro atoms. The maximum absolute atomic E-state index is 9.16. The molecule has 1 fully saturated rings. The summed E-state index contributed by atoms with van der Waals surface area (Å²) in [6, 6.07) is 26.4. The van der Waals surface area contributed by atoms with Crippen LogP contribution in [0.5, 0.6) is 0 Å². The molecule has 3 aromatic carbocycles. The minimum absolute atomic E-state index is 0.163. The highest BCUT2D eigenvalue weighted by Gasteiger charge is 2.33. The van der Waals surface area contributed by atoms with E-state index in [0.29, 0.717) is 11.3 Å². The maximum Gasteiger partial charge on any atom is 0.187 e. The molecule has 0 aliphatic carbocycles. The highest BCUT2D eigenvalue weighted by Crippen LogP contribution is 2.35. The molecule has 0 bridgehead atoms. The molecule has 1 aliphatic heterocycles. The second-order valence-corrected chi connectivity index (χ2v) is 8.39. The van der Waals surface area contributed by atoms with Crippen molar-refractivity contribution < 1.29 is 0 Å². The zero-order valence-electron chi connectivity index (χ0n) is 17.4. The van der Waals surface area contributed by atoms with Crippen LogP contribution in [0.25, 0.3) is 4.85 Å². The van der Waals surface area contributed by atoms with Crippen molar-refractivity contribution in [2.75, 3.05) is 18.0 Å². The number of anilines is 1. The van der Waals surface area contributed by atoms with Gasteiger partial charge in [0.2, 0.25) is 0 Å². The molecule has 1 heterocycles. The lowest BCUT2D eigenvalue weighted by Crippen LogP contribution is -2.53. The lowest BCUT2D eigenvalue weighted by Gasteiger charge is -2.47. The Kier molecular flexibility index (Phi) is 6.23. The maximum atomic E-state index is 9.16. The Morgan fingerprint density at radius 3 is 2.29 bits per heavy atom. The third-order valence-electron chi connectivity index (χ3n) is 5.79. The molecule has 0 radical (unpaired) electrons. The van der Waals surface area contributed by atoms with Gasteiger partial charge >= 0.3 is 0 Å². The average Bonchev–Trinajstić information content (AvgIpc) is 2.80. The summed E-state index contributed by atoms with van der Waals surface area (Å²) in [5.74, 6) is 0. The number of nitriles is 1. The predicted octanol–water partition coefficient (Wildman–Crippen LogP) is 6.21. The first-order valence-electron chi connectivity index (χ1n) is 10.3. The Balaban J connectivity index is 1.63. The van der Waals surface area contributed by atoms with Crippen LogP contribution >= 0.6 is 11.6 Å². The van der Waals surface area contributed by atoms with Gasteiger partial charge in [0, 0.05) is 36.4 Å². The molecule has 0 N–H and O–H groups in total. The van der Waals surface area contributed by atoms with Crippen molar-refractivity contribution >= 4 is 23.0 Å². The third kappa shape index (κ3) is 4.72. The predicted molar refractivity (Wildman–Crippen MR) is 125 cm³/mol. The molecule has 0 unspecified atom stereocenters. The Bertz CT molecular complexity index is 1110. The molecule has 154 valence electrons. The van der Waals surface area contributed by atoms with Gasteiger partial charge in [-0.2, -0.15) is 5.26 Å². The molecule has 1 saturated heterocycles. The first kappa shape index (κ1) is 20.9. The average molecular weight is 427 g/mol. The topological polar surface area (TPSA) is 34.6 Å². The first-order valence-corrected chi connectivity index (χ1v) is 10.7. The molecular formula is C26H23ClN4. The van der Waals surface area contributed by atoms with E-state index in [1.807, 2.05) is 60.7 Å². The van der Waals surface area contributed by atoms with Crippen LogP contribution in [-0.2, 0) is 6.54 Å². The Hall–Kier alpha value is -3.31. The van der Waals surface area contributed by atoms with Crippen LogP contribution in [0, 0.1) is 17.9 Å². The number of rotatable bonds is 4. The number of nitrogens with zero attached hydrogens (tertiary/aromatic N) is 4. The first-order chi connectivity index (χ1) is 15.1. The van der Waals surface area contributed by atoms with E-state index in [2.05, 4.69) is 39.8 Å². The fourth-order valence-corrected chi connectivity index (χ4v) is 4.46. The molecule has 4 nitrogen and oxygen atoms in total. The number of hydrogen-bond acceptors (Lipinski definition) is 3. The van der Waals surface area contributed by atoms with E-state index in [4.69, 9.17) is 23.4 Å². The molecule has 4 rings (SSSR count). The van der Waals surface area contributed by atoms with Gasteiger partial charge in [0.15, 0.2) is 5.69 Å². The number of piperazine rings is 1. The monoisotopic (exact) mass is 426 g/mol. The van der Waals surface area contributed by atoms with Gasteiger partial charge in [-0.25, -0.2) is 4.85 Å². The molecule has 3 aromatic rings. The van der Waals surface area contributed by atoms with Crippen LogP contribution in [-0.4, -0.2) is 24.0 Å². The van der Waals surface area contributed by atoms with Crippen LogP contribution in [0.4, 0.5) is 11.4 Å².